The molecule has 0 saturated carbocycles. The minimum absolute atomic E-state index is 0.0130. The Morgan fingerprint density at radius 1 is 1.00 bits per heavy atom. The fourth-order valence-corrected chi connectivity index (χ4v) is 5.87. The van der Waals surface area contributed by atoms with Crippen molar-refractivity contribution in [3.05, 3.63) is 59.7 Å². The van der Waals surface area contributed by atoms with E-state index in [0.717, 1.165) is 12.1 Å². The van der Waals surface area contributed by atoms with Crippen molar-refractivity contribution in [2.75, 3.05) is 37.7 Å². The average molecular weight is 540 g/mol. The first-order valence-corrected chi connectivity index (χ1v) is 12.9. The van der Waals surface area contributed by atoms with Crippen LogP contribution in [0.15, 0.2) is 53.4 Å². The summed E-state index contributed by atoms with van der Waals surface area (Å²) >= 11 is 0. The molecule has 9 nitrogen and oxygen atoms in total. The number of carbonyl (C=O) groups excluding carboxylic acids is 3. The third kappa shape index (κ3) is 5.24. The van der Waals surface area contributed by atoms with E-state index in [0.29, 0.717) is 4.90 Å². The van der Waals surface area contributed by atoms with Crippen molar-refractivity contribution < 1.29 is 40.7 Å². The first kappa shape index (κ1) is 26.8. The van der Waals surface area contributed by atoms with E-state index in [-0.39, 0.29) is 49.7 Å². The Balaban J connectivity index is 1.45. The zero-order valence-corrected chi connectivity index (χ0v) is 20.6. The summed E-state index contributed by atoms with van der Waals surface area (Å²) < 4.78 is 72.6. The summed E-state index contributed by atoms with van der Waals surface area (Å²) in [6.45, 7) is 2.09. The van der Waals surface area contributed by atoms with Crippen molar-refractivity contribution >= 4 is 33.5 Å². The largest absolute Gasteiger partial charge is 0.462 e. The summed E-state index contributed by atoms with van der Waals surface area (Å²) in [5.74, 6) is -2.08. The number of para-hydroxylation sites is 1. The predicted molar refractivity (Wildman–Crippen MR) is 125 cm³/mol. The van der Waals surface area contributed by atoms with E-state index in [4.69, 9.17) is 4.74 Å². The summed E-state index contributed by atoms with van der Waals surface area (Å²) in [5.41, 5.74) is -1.38. The molecule has 0 spiro atoms. The van der Waals surface area contributed by atoms with Crippen LogP contribution in [0.2, 0.25) is 0 Å². The maximum Gasteiger partial charge on any atom is 0.418 e. The number of imide groups is 1. The fourth-order valence-electron chi connectivity index (χ4n) is 4.44. The molecule has 198 valence electrons. The Hall–Kier alpha value is -3.29. The van der Waals surface area contributed by atoms with Gasteiger partial charge in [0.1, 0.15) is 0 Å². The summed E-state index contributed by atoms with van der Waals surface area (Å²) in [4.78, 5) is 39.6. The molecule has 2 saturated heterocycles. The third-order valence-electron chi connectivity index (χ3n) is 6.29. The van der Waals surface area contributed by atoms with Crippen LogP contribution < -0.4 is 4.90 Å². The van der Waals surface area contributed by atoms with Crippen LogP contribution in [-0.4, -0.2) is 74.2 Å². The number of hydrogen-bond donors (Lipinski definition) is 0. The highest BCUT2D eigenvalue weighted by Crippen LogP contribution is 2.38. The lowest BCUT2D eigenvalue weighted by molar-refractivity contribution is -0.137. The molecule has 0 aromatic heterocycles. The van der Waals surface area contributed by atoms with Crippen LogP contribution in [0.3, 0.4) is 0 Å². The number of esters is 1. The molecule has 2 amide bonds. The maximum absolute atomic E-state index is 13.5. The van der Waals surface area contributed by atoms with E-state index in [9.17, 15) is 36.0 Å². The number of ether oxygens (including phenoxy) is 1. The highest BCUT2D eigenvalue weighted by Gasteiger charge is 2.47. The third-order valence-corrected chi connectivity index (χ3v) is 8.20. The number of hydrogen-bond acceptors (Lipinski definition) is 7. The predicted octanol–water partition coefficient (Wildman–Crippen LogP) is 2.52. The van der Waals surface area contributed by atoms with Gasteiger partial charge in [0, 0.05) is 26.2 Å². The van der Waals surface area contributed by atoms with Crippen molar-refractivity contribution in [1.29, 1.82) is 0 Å². The molecule has 2 heterocycles. The summed E-state index contributed by atoms with van der Waals surface area (Å²) in [6, 6.07) is 8.74. The number of amides is 2. The second kappa shape index (κ2) is 10.2. The number of rotatable bonds is 6. The molecule has 2 fully saturated rings. The van der Waals surface area contributed by atoms with Crippen molar-refractivity contribution in [1.82, 2.24) is 9.21 Å². The van der Waals surface area contributed by atoms with Gasteiger partial charge < -0.3 is 4.74 Å². The van der Waals surface area contributed by atoms with Crippen molar-refractivity contribution in [2.45, 2.75) is 30.5 Å². The molecular formula is C24H24F3N3O6S. The number of benzene rings is 2. The number of carbonyl (C=O) groups is 3. The lowest BCUT2D eigenvalue weighted by Gasteiger charge is -2.36. The van der Waals surface area contributed by atoms with Crippen LogP contribution in [0, 0.1) is 0 Å². The number of sulfonamides is 1. The van der Waals surface area contributed by atoms with Gasteiger partial charge in [-0.25, -0.2) is 18.1 Å². The first-order chi connectivity index (χ1) is 17.4. The molecule has 0 aliphatic carbocycles. The lowest BCUT2D eigenvalue weighted by atomic mass is 10.1. The van der Waals surface area contributed by atoms with Gasteiger partial charge in [0.15, 0.2) is 0 Å². The first-order valence-electron chi connectivity index (χ1n) is 11.5. The number of piperazine rings is 1. The summed E-state index contributed by atoms with van der Waals surface area (Å²) in [6.07, 6.45) is -5.04. The zero-order valence-electron chi connectivity index (χ0n) is 19.8. The standard InChI is InChI=1S/C24H24F3N3O6S/c1-2-36-23(33)16-7-9-17(10-8-16)37(34,35)29-13-11-28(12-14-29)20-15-21(31)30(22(20)32)19-6-4-3-5-18(19)24(25,26)27/h3-10,20H,2,11-15H2,1H3/t20-/m1/s1. The molecule has 0 N–H and O–H groups in total. The Morgan fingerprint density at radius 3 is 2.22 bits per heavy atom. The number of nitrogens with zero attached hydrogens (tertiary/aromatic N) is 3. The Labute approximate surface area is 211 Å². The van der Waals surface area contributed by atoms with Gasteiger partial charge >= 0.3 is 12.1 Å². The van der Waals surface area contributed by atoms with Crippen molar-refractivity contribution in [3.63, 3.8) is 0 Å². The van der Waals surface area contributed by atoms with Crippen LogP contribution in [-0.2, 0) is 30.5 Å². The zero-order chi connectivity index (χ0) is 27.0. The van der Waals surface area contributed by atoms with E-state index in [1.807, 2.05) is 0 Å². The maximum atomic E-state index is 13.5. The normalized spacial score (nSPS) is 19.9. The smallest absolute Gasteiger partial charge is 0.418 e. The minimum Gasteiger partial charge on any atom is -0.462 e. The Bertz CT molecular complexity index is 1310. The van der Waals surface area contributed by atoms with E-state index in [1.54, 1.807) is 11.8 Å². The van der Waals surface area contributed by atoms with Gasteiger partial charge in [-0.15, -0.1) is 0 Å². The van der Waals surface area contributed by atoms with Gasteiger partial charge in [0.2, 0.25) is 15.9 Å². The molecule has 2 aliphatic rings. The molecule has 2 aromatic rings. The molecule has 4 rings (SSSR count). The Morgan fingerprint density at radius 2 is 1.62 bits per heavy atom. The summed E-state index contributed by atoms with van der Waals surface area (Å²) in [7, 11) is -3.90. The summed E-state index contributed by atoms with van der Waals surface area (Å²) in [5, 5.41) is 0. The molecule has 2 aromatic carbocycles. The van der Waals surface area contributed by atoms with E-state index in [2.05, 4.69) is 0 Å². The van der Waals surface area contributed by atoms with Crippen LogP contribution in [0.4, 0.5) is 18.9 Å². The van der Waals surface area contributed by atoms with Gasteiger partial charge in [-0.3, -0.25) is 14.5 Å². The van der Waals surface area contributed by atoms with Crippen LogP contribution in [0.25, 0.3) is 0 Å². The number of anilines is 1. The topological polar surface area (TPSA) is 104 Å². The van der Waals surface area contributed by atoms with E-state index >= 15 is 0 Å². The molecule has 0 radical (unpaired) electrons. The monoisotopic (exact) mass is 539 g/mol. The number of alkyl halides is 3. The minimum atomic E-state index is -4.75. The average Bonchev–Trinajstić information content (AvgIpc) is 3.17. The molecular weight excluding hydrogens is 515 g/mol. The molecule has 2 aliphatic heterocycles. The SMILES string of the molecule is CCOC(=O)c1ccc(S(=O)(=O)N2CCN([C@@H]3CC(=O)N(c4ccccc4C(F)(F)F)C3=O)CC2)cc1. The van der Waals surface area contributed by atoms with E-state index < -0.39 is 51.3 Å². The van der Waals surface area contributed by atoms with E-state index in [1.165, 1.54) is 40.7 Å². The second-order valence-corrected chi connectivity index (χ2v) is 10.4. The van der Waals surface area contributed by atoms with Gasteiger partial charge in [0.25, 0.3) is 5.91 Å². The van der Waals surface area contributed by atoms with Gasteiger partial charge in [-0.05, 0) is 43.3 Å². The fraction of sp³-hybridized carbons (Fsp3) is 0.375. The highest BCUT2D eigenvalue weighted by atomic mass is 32.2. The Kier molecular flexibility index (Phi) is 7.40. The quantitative estimate of drug-likeness (QED) is 0.411. The lowest BCUT2D eigenvalue weighted by Crippen LogP contribution is -2.53. The molecule has 37 heavy (non-hydrogen) atoms. The van der Waals surface area contributed by atoms with Gasteiger partial charge in [-0.2, -0.15) is 17.5 Å². The molecule has 13 heteroatoms. The van der Waals surface area contributed by atoms with Gasteiger partial charge in [0.05, 0.1) is 40.8 Å². The molecule has 1 atom stereocenters. The van der Waals surface area contributed by atoms with Gasteiger partial charge in [-0.1, -0.05) is 12.1 Å². The second-order valence-electron chi connectivity index (χ2n) is 8.49. The van der Waals surface area contributed by atoms with Crippen LogP contribution in [0.1, 0.15) is 29.3 Å². The number of halogens is 3. The van der Waals surface area contributed by atoms with Crippen molar-refractivity contribution in [2.24, 2.45) is 0 Å². The molecule has 0 bridgehead atoms. The van der Waals surface area contributed by atoms with Crippen LogP contribution in [0.5, 0.6) is 0 Å². The molecule has 0 unspecified atom stereocenters. The van der Waals surface area contributed by atoms with Crippen molar-refractivity contribution in [3.8, 4) is 0 Å². The highest BCUT2D eigenvalue weighted by molar-refractivity contribution is 7.89. The van der Waals surface area contributed by atoms with Crippen LogP contribution >= 0.6 is 0 Å².